The predicted octanol–water partition coefficient (Wildman–Crippen LogP) is 0.312. The van der Waals surface area contributed by atoms with Crippen LogP contribution in [0, 0.1) is 0 Å². The fraction of sp³-hybridized carbons (Fsp3) is 0.571. The molecule has 0 aromatic rings. The lowest BCUT2D eigenvalue weighted by molar-refractivity contribution is 0.0579. The van der Waals surface area contributed by atoms with Gasteiger partial charge in [0, 0.05) is 0 Å². The van der Waals surface area contributed by atoms with E-state index in [1.54, 1.807) is 6.08 Å². The Kier molecular flexibility index (Phi) is 2.92. The molecule has 1 atom stereocenters. The molecular weight excluding hydrogens is 146 g/mol. The number of carbonyl (C=O) groups is 1. The lowest BCUT2D eigenvalue weighted by atomic mass is 10.4. The van der Waals surface area contributed by atoms with E-state index in [2.05, 4.69) is 11.9 Å². The molecule has 0 spiro atoms. The minimum atomic E-state index is -0.489. The summed E-state index contributed by atoms with van der Waals surface area (Å²) >= 11 is 0. The number of amides is 1. The van der Waals surface area contributed by atoms with Gasteiger partial charge in [0.1, 0.15) is 6.10 Å². The largest absolute Gasteiger partial charge is 0.440 e. The van der Waals surface area contributed by atoms with Crippen molar-refractivity contribution in [2.24, 2.45) is 0 Å². The number of hydrogen-bond acceptors (Lipinski definition) is 3. The van der Waals surface area contributed by atoms with Crippen LogP contribution in [0.2, 0.25) is 0 Å². The summed E-state index contributed by atoms with van der Waals surface area (Å²) < 4.78 is 9.80. The third kappa shape index (κ3) is 2.59. The molecule has 61 valence electrons. The molecule has 1 saturated heterocycles. The van der Waals surface area contributed by atoms with Gasteiger partial charge in [0.05, 0.1) is 19.8 Å². The summed E-state index contributed by atoms with van der Waals surface area (Å²) in [6.07, 6.45) is 0.966. The standard InChI is InChI=1S/C7H10NO3/c1-2-3-10-5-6-4-8-7(9)11-6/h2,6H,1,3-5H2. The number of hydrogen-bond donors (Lipinski definition) is 0. The van der Waals surface area contributed by atoms with Crippen LogP contribution in [0.1, 0.15) is 0 Å². The fourth-order valence-corrected chi connectivity index (χ4v) is 0.763. The van der Waals surface area contributed by atoms with Crippen LogP contribution in [0.15, 0.2) is 12.7 Å². The molecule has 1 unspecified atom stereocenters. The highest BCUT2D eigenvalue weighted by Gasteiger charge is 2.23. The van der Waals surface area contributed by atoms with Crippen molar-refractivity contribution in [2.45, 2.75) is 6.10 Å². The van der Waals surface area contributed by atoms with Crippen molar-refractivity contribution in [3.63, 3.8) is 0 Å². The quantitative estimate of drug-likeness (QED) is 0.435. The Balaban J connectivity index is 2.08. The molecule has 0 N–H and O–H groups in total. The SMILES string of the molecule is C=CCOCC1C[N]C(=O)O1. The minimum absolute atomic E-state index is 0.192. The van der Waals surface area contributed by atoms with Crippen molar-refractivity contribution in [3.05, 3.63) is 12.7 Å². The Morgan fingerprint density at radius 3 is 3.27 bits per heavy atom. The van der Waals surface area contributed by atoms with Crippen molar-refractivity contribution in [1.82, 2.24) is 5.32 Å². The van der Waals surface area contributed by atoms with Crippen LogP contribution in [0.4, 0.5) is 4.79 Å². The van der Waals surface area contributed by atoms with E-state index in [-0.39, 0.29) is 6.10 Å². The average Bonchev–Trinajstić information content (AvgIpc) is 2.37. The summed E-state index contributed by atoms with van der Waals surface area (Å²) in [5.41, 5.74) is 0. The summed E-state index contributed by atoms with van der Waals surface area (Å²) in [6, 6.07) is 0. The number of ether oxygens (including phenoxy) is 2. The van der Waals surface area contributed by atoms with E-state index in [0.29, 0.717) is 19.8 Å². The van der Waals surface area contributed by atoms with Crippen LogP contribution in [0.25, 0.3) is 0 Å². The summed E-state index contributed by atoms with van der Waals surface area (Å²) in [7, 11) is 0. The maximum absolute atomic E-state index is 10.4. The smallest absolute Gasteiger partial charge is 0.429 e. The van der Waals surface area contributed by atoms with E-state index in [0.717, 1.165) is 0 Å². The summed E-state index contributed by atoms with van der Waals surface area (Å²) in [4.78, 5) is 10.4. The van der Waals surface area contributed by atoms with Gasteiger partial charge in [-0.3, -0.25) is 0 Å². The molecule has 4 nitrogen and oxygen atoms in total. The molecule has 1 amide bonds. The van der Waals surface area contributed by atoms with E-state index in [1.165, 1.54) is 0 Å². The van der Waals surface area contributed by atoms with Gasteiger partial charge < -0.3 is 9.47 Å². The van der Waals surface area contributed by atoms with Crippen LogP contribution in [0.5, 0.6) is 0 Å². The van der Waals surface area contributed by atoms with Crippen LogP contribution in [-0.2, 0) is 9.47 Å². The van der Waals surface area contributed by atoms with Crippen molar-refractivity contribution in [1.29, 1.82) is 0 Å². The molecule has 0 saturated carbocycles. The first-order valence-electron chi connectivity index (χ1n) is 3.39. The molecule has 1 aliphatic rings. The van der Waals surface area contributed by atoms with Crippen LogP contribution in [0.3, 0.4) is 0 Å². The minimum Gasteiger partial charge on any atom is -0.440 e. The topological polar surface area (TPSA) is 49.6 Å². The van der Waals surface area contributed by atoms with Crippen molar-refractivity contribution in [3.8, 4) is 0 Å². The summed E-state index contributed by atoms with van der Waals surface area (Å²) in [6.45, 7) is 4.78. The van der Waals surface area contributed by atoms with Gasteiger partial charge in [-0.2, -0.15) is 0 Å². The third-order valence-electron chi connectivity index (χ3n) is 1.23. The molecule has 1 radical (unpaired) electrons. The Morgan fingerprint density at radius 1 is 1.91 bits per heavy atom. The van der Waals surface area contributed by atoms with Gasteiger partial charge in [0.2, 0.25) is 0 Å². The number of cyclic esters (lactones) is 1. The van der Waals surface area contributed by atoms with Gasteiger partial charge in [0.25, 0.3) is 0 Å². The maximum Gasteiger partial charge on any atom is 0.429 e. The Hall–Kier alpha value is -1.03. The van der Waals surface area contributed by atoms with Gasteiger partial charge in [-0.25, -0.2) is 10.1 Å². The molecule has 1 rings (SSSR count). The van der Waals surface area contributed by atoms with Crippen molar-refractivity contribution < 1.29 is 14.3 Å². The molecule has 0 aromatic carbocycles. The van der Waals surface area contributed by atoms with Gasteiger partial charge in [0.15, 0.2) is 0 Å². The summed E-state index contributed by atoms with van der Waals surface area (Å²) in [5, 5.41) is 3.53. The zero-order chi connectivity index (χ0) is 8.10. The lowest BCUT2D eigenvalue weighted by Gasteiger charge is -2.05. The lowest BCUT2D eigenvalue weighted by Crippen LogP contribution is -2.18. The first kappa shape index (κ1) is 8.07. The van der Waals surface area contributed by atoms with Gasteiger partial charge in [-0.05, 0) is 0 Å². The molecule has 1 heterocycles. The first-order chi connectivity index (χ1) is 5.33. The molecule has 4 heteroatoms. The van der Waals surface area contributed by atoms with Crippen LogP contribution >= 0.6 is 0 Å². The molecule has 0 bridgehead atoms. The van der Waals surface area contributed by atoms with E-state index in [4.69, 9.17) is 9.47 Å². The normalized spacial score (nSPS) is 22.5. The van der Waals surface area contributed by atoms with Crippen LogP contribution in [-0.4, -0.2) is 32.0 Å². The Bertz CT molecular complexity index is 158. The number of carbonyl (C=O) groups excluding carboxylic acids is 1. The second kappa shape index (κ2) is 3.98. The first-order valence-corrected chi connectivity index (χ1v) is 3.39. The monoisotopic (exact) mass is 156 g/mol. The van der Waals surface area contributed by atoms with E-state index in [9.17, 15) is 4.79 Å². The van der Waals surface area contributed by atoms with Gasteiger partial charge >= 0.3 is 6.09 Å². The highest BCUT2D eigenvalue weighted by atomic mass is 16.6. The molecular formula is C7H10NO3. The second-order valence-electron chi connectivity index (χ2n) is 2.17. The van der Waals surface area contributed by atoms with E-state index in [1.807, 2.05) is 0 Å². The molecule has 1 fully saturated rings. The summed E-state index contributed by atoms with van der Waals surface area (Å²) in [5.74, 6) is 0. The Labute approximate surface area is 65.2 Å². The van der Waals surface area contributed by atoms with E-state index >= 15 is 0 Å². The fourth-order valence-electron chi connectivity index (χ4n) is 0.763. The number of nitrogens with zero attached hydrogens (tertiary/aromatic N) is 1. The number of rotatable bonds is 4. The van der Waals surface area contributed by atoms with Gasteiger partial charge in [-0.1, -0.05) is 6.08 Å². The highest BCUT2D eigenvalue weighted by molar-refractivity contribution is 5.68. The zero-order valence-electron chi connectivity index (χ0n) is 6.16. The van der Waals surface area contributed by atoms with E-state index < -0.39 is 6.09 Å². The predicted molar refractivity (Wildman–Crippen MR) is 38.3 cm³/mol. The average molecular weight is 156 g/mol. The maximum atomic E-state index is 10.4. The molecule has 1 aliphatic heterocycles. The molecule has 0 aliphatic carbocycles. The van der Waals surface area contributed by atoms with Crippen molar-refractivity contribution in [2.75, 3.05) is 19.8 Å². The zero-order valence-corrected chi connectivity index (χ0v) is 6.16. The molecule has 11 heavy (non-hydrogen) atoms. The Morgan fingerprint density at radius 2 is 2.73 bits per heavy atom. The van der Waals surface area contributed by atoms with Crippen LogP contribution < -0.4 is 5.32 Å². The third-order valence-corrected chi connectivity index (χ3v) is 1.23. The van der Waals surface area contributed by atoms with Gasteiger partial charge in [-0.15, -0.1) is 6.58 Å². The second-order valence-corrected chi connectivity index (χ2v) is 2.17. The molecule has 0 aromatic heterocycles. The van der Waals surface area contributed by atoms with Crippen molar-refractivity contribution >= 4 is 6.09 Å². The highest BCUT2D eigenvalue weighted by Crippen LogP contribution is 2.01.